The molecular formula is C13H30N2. The predicted octanol–water partition coefficient (Wildman–Crippen LogP) is 2.89. The van der Waals surface area contributed by atoms with Crippen LogP contribution in [0.15, 0.2) is 0 Å². The lowest BCUT2D eigenvalue weighted by Crippen LogP contribution is -2.33. The number of nitrogens with zero attached hydrogens (tertiary/aromatic N) is 1. The van der Waals surface area contributed by atoms with Crippen molar-refractivity contribution in [2.24, 2.45) is 0 Å². The fourth-order valence-corrected chi connectivity index (χ4v) is 1.92. The van der Waals surface area contributed by atoms with E-state index in [2.05, 4.69) is 31.0 Å². The van der Waals surface area contributed by atoms with Crippen LogP contribution in [0.4, 0.5) is 0 Å². The molecule has 1 N–H and O–H groups in total. The summed E-state index contributed by atoms with van der Waals surface area (Å²) >= 11 is 0. The van der Waals surface area contributed by atoms with Crippen LogP contribution in [0.5, 0.6) is 0 Å². The Balaban J connectivity index is 3.38. The number of unbranched alkanes of at least 4 members (excludes halogenated alkanes) is 3. The van der Waals surface area contributed by atoms with E-state index in [0.717, 1.165) is 6.04 Å². The quantitative estimate of drug-likeness (QED) is 0.563. The molecule has 0 saturated heterocycles. The summed E-state index contributed by atoms with van der Waals surface area (Å²) in [5.74, 6) is 0. The fraction of sp³-hybridized carbons (Fsp3) is 1.00. The van der Waals surface area contributed by atoms with Gasteiger partial charge in [0.05, 0.1) is 0 Å². The predicted molar refractivity (Wildman–Crippen MR) is 69.4 cm³/mol. The SMILES string of the molecule is CCC(C)N(CC)CCCCCCNC. The smallest absolute Gasteiger partial charge is 0.00641 e. The monoisotopic (exact) mass is 214 g/mol. The summed E-state index contributed by atoms with van der Waals surface area (Å²) in [5.41, 5.74) is 0. The van der Waals surface area contributed by atoms with E-state index in [1.54, 1.807) is 0 Å². The Morgan fingerprint density at radius 3 is 2.27 bits per heavy atom. The minimum atomic E-state index is 0.757. The molecule has 1 atom stereocenters. The van der Waals surface area contributed by atoms with Gasteiger partial charge in [0, 0.05) is 6.04 Å². The lowest BCUT2D eigenvalue weighted by Gasteiger charge is -2.26. The molecule has 0 aliphatic heterocycles. The van der Waals surface area contributed by atoms with Crippen molar-refractivity contribution >= 4 is 0 Å². The Morgan fingerprint density at radius 2 is 1.73 bits per heavy atom. The zero-order valence-corrected chi connectivity index (χ0v) is 11.2. The van der Waals surface area contributed by atoms with Gasteiger partial charge in [-0.3, -0.25) is 0 Å². The molecule has 0 amide bonds. The maximum Gasteiger partial charge on any atom is 0.00641 e. The molecule has 0 heterocycles. The van der Waals surface area contributed by atoms with Gasteiger partial charge in [-0.2, -0.15) is 0 Å². The van der Waals surface area contributed by atoms with Gasteiger partial charge in [0.1, 0.15) is 0 Å². The van der Waals surface area contributed by atoms with Crippen LogP contribution in [0.3, 0.4) is 0 Å². The number of hydrogen-bond acceptors (Lipinski definition) is 2. The number of rotatable bonds is 10. The van der Waals surface area contributed by atoms with Gasteiger partial charge in [0.2, 0.25) is 0 Å². The summed E-state index contributed by atoms with van der Waals surface area (Å²) in [6.07, 6.45) is 6.72. The molecule has 0 saturated carbocycles. The average molecular weight is 214 g/mol. The van der Waals surface area contributed by atoms with Crippen molar-refractivity contribution in [3.63, 3.8) is 0 Å². The van der Waals surface area contributed by atoms with Crippen molar-refractivity contribution in [3.8, 4) is 0 Å². The van der Waals surface area contributed by atoms with Crippen LogP contribution in [0, 0.1) is 0 Å². The summed E-state index contributed by atoms with van der Waals surface area (Å²) in [6.45, 7) is 10.5. The Bertz CT molecular complexity index is 126. The van der Waals surface area contributed by atoms with Gasteiger partial charge in [0.25, 0.3) is 0 Å². The molecule has 0 rings (SSSR count). The van der Waals surface area contributed by atoms with Crippen LogP contribution in [0.25, 0.3) is 0 Å². The highest BCUT2D eigenvalue weighted by Gasteiger charge is 2.08. The zero-order valence-electron chi connectivity index (χ0n) is 11.2. The molecule has 0 aromatic carbocycles. The first-order valence-electron chi connectivity index (χ1n) is 6.64. The first-order valence-corrected chi connectivity index (χ1v) is 6.64. The summed E-state index contributed by atoms with van der Waals surface area (Å²) in [5, 5.41) is 3.20. The van der Waals surface area contributed by atoms with Gasteiger partial charge in [-0.15, -0.1) is 0 Å². The van der Waals surface area contributed by atoms with E-state index in [4.69, 9.17) is 0 Å². The summed E-state index contributed by atoms with van der Waals surface area (Å²) in [6, 6.07) is 0.757. The first kappa shape index (κ1) is 14.9. The molecule has 0 aromatic rings. The highest BCUT2D eigenvalue weighted by Crippen LogP contribution is 2.06. The van der Waals surface area contributed by atoms with E-state index >= 15 is 0 Å². The molecule has 0 aliphatic rings. The molecule has 0 fully saturated rings. The average Bonchev–Trinajstić information content (AvgIpc) is 2.27. The highest BCUT2D eigenvalue weighted by atomic mass is 15.1. The Kier molecular flexibility index (Phi) is 10.4. The van der Waals surface area contributed by atoms with E-state index in [0.29, 0.717) is 0 Å². The Morgan fingerprint density at radius 1 is 1.07 bits per heavy atom. The first-order chi connectivity index (χ1) is 7.26. The van der Waals surface area contributed by atoms with Crippen LogP contribution in [-0.2, 0) is 0 Å². The van der Waals surface area contributed by atoms with E-state index in [1.165, 1.54) is 51.7 Å². The van der Waals surface area contributed by atoms with Gasteiger partial charge in [-0.1, -0.05) is 26.7 Å². The van der Waals surface area contributed by atoms with Crippen LogP contribution in [0.2, 0.25) is 0 Å². The summed E-state index contributed by atoms with van der Waals surface area (Å²) < 4.78 is 0. The molecule has 0 aliphatic carbocycles. The Hall–Kier alpha value is -0.0800. The second-order valence-corrected chi connectivity index (χ2v) is 4.40. The van der Waals surface area contributed by atoms with Crippen molar-refractivity contribution in [2.45, 2.75) is 58.9 Å². The molecule has 2 nitrogen and oxygen atoms in total. The second-order valence-electron chi connectivity index (χ2n) is 4.40. The van der Waals surface area contributed by atoms with Crippen LogP contribution < -0.4 is 5.32 Å². The van der Waals surface area contributed by atoms with Crippen molar-refractivity contribution < 1.29 is 0 Å². The third kappa shape index (κ3) is 7.80. The molecule has 0 bridgehead atoms. The third-order valence-electron chi connectivity index (χ3n) is 3.24. The van der Waals surface area contributed by atoms with E-state index < -0.39 is 0 Å². The van der Waals surface area contributed by atoms with Gasteiger partial charge in [-0.25, -0.2) is 0 Å². The maximum absolute atomic E-state index is 3.20. The molecule has 0 aromatic heterocycles. The highest BCUT2D eigenvalue weighted by molar-refractivity contribution is 4.63. The van der Waals surface area contributed by atoms with E-state index in [1.807, 2.05) is 7.05 Å². The molecule has 1 unspecified atom stereocenters. The van der Waals surface area contributed by atoms with Crippen LogP contribution in [-0.4, -0.2) is 37.6 Å². The van der Waals surface area contributed by atoms with E-state index in [9.17, 15) is 0 Å². The summed E-state index contributed by atoms with van der Waals surface area (Å²) in [7, 11) is 2.03. The topological polar surface area (TPSA) is 15.3 Å². The second kappa shape index (κ2) is 10.4. The standard InChI is InChI=1S/C13H30N2/c1-5-13(3)15(6-2)12-10-8-7-9-11-14-4/h13-14H,5-12H2,1-4H3. The number of hydrogen-bond donors (Lipinski definition) is 1. The van der Waals surface area contributed by atoms with Gasteiger partial charge < -0.3 is 10.2 Å². The maximum atomic E-state index is 3.20. The molecule has 0 spiro atoms. The lowest BCUT2D eigenvalue weighted by atomic mass is 10.1. The van der Waals surface area contributed by atoms with Crippen LogP contribution in [0.1, 0.15) is 52.9 Å². The van der Waals surface area contributed by atoms with Crippen molar-refractivity contribution in [1.82, 2.24) is 10.2 Å². The summed E-state index contributed by atoms with van der Waals surface area (Å²) in [4.78, 5) is 2.60. The number of nitrogens with one attached hydrogen (secondary N) is 1. The molecule has 92 valence electrons. The third-order valence-corrected chi connectivity index (χ3v) is 3.24. The van der Waals surface area contributed by atoms with Crippen molar-refractivity contribution in [1.29, 1.82) is 0 Å². The molecular weight excluding hydrogens is 184 g/mol. The zero-order chi connectivity index (χ0) is 11.5. The van der Waals surface area contributed by atoms with Gasteiger partial charge in [0.15, 0.2) is 0 Å². The normalized spacial score (nSPS) is 13.4. The lowest BCUT2D eigenvalue weighted by molar-refractivity contribution is 0.210. The Labute approximate surface area is 96.4 Å². The van der Waals surface area contributed by atoms with Gasteiger partial charge >= 0.3 is 0 Å². The molecule has 2 heteroatoms. The van der Waals surface area contributed by atoms with Crippen LogP contribution >= 0.6 is 0 Å². The largest absolute Gasteiger partial charge is 0.320 e. The minimum Gasteiger partial charge on any atom is -0.320 e. The van der Waals surface area contributed by atoms with Crippen molar-refractivity contribution in [2.75, 3.05) is 26.7 Å². The molecule has 0 radical (unpaired) electrons. The minimum absolute atomic E-state index is 0.757. The van der Waals surface area contributed by atoms with Gasteiger partial charge in [-0.05, 0) is 52.9 Å². The van der Waals surface area contributed by atoms with E-state index in [-0.39, 0.29) is 0 Å². The molecule has 15 heavy (non-hydrogen) atoms. The fourth-order valence-electron chi connectivity index (χ4n) is 1.92. The van der Waals surface area contributed by atoms with Crippen molar-refractivity contribution in [3.05, 3.63) is 0 Å².